The van der Waals surface area contributed by atoms with Crippen molar-refractivity contribution in [2.75, 3.05) is 6.61 Å². The van der Waals surface area contributed by atoms with Gasteiger partial charge in [0.15, 0.2) is 0 Å². The summed E-state index contributed by atoms with van der Waals surface area (Å²) in [7, 11) is 0. The zero-order valence-electron chi connectivity index (χ0n) is 5.39. The Hall–Kier alpha value is -0.300. The molecule has 0 saturated carbocycles. The molecule has 0 aromatic carbocycles. The highest BCUT2D eigenvalue weighted by Crippen LogP contribution is 1.90. The first kappa shape index (κ1) is 7.70. The molecule has 0 spiro atoms. The predicted molar refractivity (Wildman–Crippen MR) is 34.2 cm³/mol. The lowest BCUT2D eigenvalue weighted by Crippen LogP contribution is -1.75. The molecule has 8 heavy (non-hydrogen) atoms. The van der Waals surface area contributed by atoms with Crippen molar-refractivity contribution in [2.45, 2.75) is 26.2 Å². The third-order valence-electron chi connectivity index (χ3n) is 0.917. The van der Waals surface area contributed by atoms with Crippen LogP contribution in [-0.4, -0.2) is 6.61 Å². The third kappa shape index (κ3) is 5.70. The first-order chi connectivity index (χ1) is 3.91. The van der Waals surface area contributed by atoms with E-state index in [1.807, 2.05) is 0 Å². The summed E-state index contributed by atoms with van der Waals surface area (Å²) in [5.74, 6) is 0. The van der Waals surface area contributed by atoms with Crippen LogP contribution in [0.2, 0.25) is 0 Å². The smallest absolute Gasteiger partial charge is 0.0825 e. The lowest BCUT2D eigenvalue weighted by atomic mass is 10.3. The Morgan fingerprint density at radius 3 is 2.62 bits per heavy atom. The first-order valence-electron chi connectivity index (χ1n) is 3.15. The Morgan fingerprint density at radius 2 is 2.12 bits per heavy atom. The van der Waals surface area contributed by atoms with Gasteiger partial charge in [0, 0.05) is 0 Å². The zero-order chi connectivity index (χ0) is 6.24. The van der Waals surface area contributed by atoms with Gasteiger partial charge in [0.2, 0.25) is 0 Å². The molecule has 1 radical (unpaired) electrons. The van der Waals surface area contributed by atoms with Gasteiger partial charge in [-0.05, 0) is 19.3 Å². The average molecular weight is 113 g/mol. The first-order valence-corrected chi connectivity index (χ1v) is 3.15. The van der Waals surface area contributed by atoms with Crippen molar-refractivity contribution >= 4 is 0 Å². The quantitative estimate of drug-likeness (QED) is 0.393. The number of hydrogen-bond acceptors (Lipinski definition) is 0. The van der Waals surface area contributed by atoms with Crippen molar-refractivity contribution in [3.8, 4) is 0 Å². The second-order valence-electron chi connectivity index (χ2n) is 1.73. The van der Waals surface area contributed by atoms with Crippen LogP contribution in [-0.2, 0) is 5.11 Å². The van der Waals surface area contributed by atoms with Gasteiger partial charge in [-0.25, -0.2) is 5.11 Å². The second-order valence-corrected chi connectivity index (χ2v) is 1.73. The molecular weight excluding hydrogens is 100 g/mol. The van der Waals surface area contributed by atoms with E-state index < -0.39 is 0 Å². The number of rotatable bonds is 4. The summed E-state index contributed by atoms with van der Waals surface area (Å²) in [6, 6.07) is 0. The molecule has 47 valence electrons. The van der Waals surface area contributed by atoms with E-state index in [1.54, 1.807) is 0 Å². The number of allylic oxidation sites excluding steroid dienone is 2. The van der Waals surface area contributed by atoms with E-state index in [2.05, 4.69) is 19.1 Å². The van der Waals surface area contributed by atoms with Crippen LogP contribution in [0.25, 0.3) is 0 Å². The van der Waals surface area contributed by atoms with Gasteiger partial charge in [0.25, 0.3) is 0 Å². The molecule has 0 bridgehead atoms. The lowest BCUT2D eigenvalue weighted by Gasteiger charge is -1.83. The van der Waals surface area contributed by atoms with Crippen LogP contribution in [0, 0.1) is 0 Å². The van der Waals surface area contributed by atoms with Gasteiger partial charge >= 0.3 is 0 Å². The Balaban J connectivity index is 2.80. The highest BCUT2D eigenvalue weighted by molar-refractivity contribution is 4.79. The molecule has 0 fully saturated rings. The van der Waals surface area contributed by atoms with Crippen LogP contribution in [0.15, 0.2) is 12.2 Å². The molecular formula is C7H13O. The summed E-state index contributed by atoms with van der Waals surface area (Å²) in [6.45, 7) is 2.15. The summed E-state index contributed by atoms with van der Waals surface area (Å²) in [4.78, 5) is 0. The summed E-state index contributed by atoms with van der Waals surface area (Å²) in [5.41, 5.74) is 0. The second kappa shape index (κ2) is 6.70. The summed E-state index contributed by atoms with van der Waals surface area (Å²) in [5, 5.41) is 9.86. The maximum Gasteiger partial charge on any atom is 0.0825 e. The molecule has 0 amide bonds. The Labute approximate surface area is 51.0 Å². The van der Waals surface area contributed by atoms with Crippen LogP contribution in [0.3, 0.4) is 0 Å². The van der Waals surface area contributed by atoms with E-state index in [9.17, 15) is 5.11 Å². The highest BCUT2D eigenvalue weighted by Gasteiger charge is 1.77. The van der Waals surface area contributed by atoms with Crippen molar-refractivity contribution in [2.24, 2.45) is 0 Å². The van der Waals surface area contributed by atoms with Crippen LogP contribution in [0.5, 0.6) is 0 Å². The molecule has 0 atom stereocenters. The monoisotopic (exact) mass is 113 g/mol. The standard InChI is InChI=1S/C7H13O/c1-2-3-4-5-6-7-8/h3-4H,2,5-7H2,1H3/b4-3+. The molecule has 0 aliphatic carbocycles. The Bertz CT molecular complexity index is 57.4. The van der Waals surface area contributed by atoms with Gasteiger partial charge in [-0.3, -0.25) is 0 Å². The van der Waals surface area contributed by atoms with Crippen molar-refractivity contribution < 1.29 is 5.11 Å². The molecule has 1 nitrogen and oxygen atoms in total. The fourth-order valence-corrected chi connectivity index (χ4v) is 0.486. The molecule has 0 rings (SSSR count). The predicted octanol–water partition coefficient (Wildman–Crippen LogP) is 2.16. The topological polar surface area (TPSA) is 19.9 Å². The summed E-state index contributed by atoms with van der Waals surface area (Å²) < 4.78 is 0. The highest BCUT2D eigenvalue weighted by atomic mass is 16.2. The largest absolute Gasteiger partial charge is 0.237 e. The van der Waals surface area contributed by atoms with E-state index in [-0.39, 0.29) is 6.61 Å². The molecule has 0 heterocycles. The Kier molecular flexibility index (Phi) is 6.45. The third-order valence-corrected chi connectivity index (χ3v) is 0.917. The van der Waals surface area contributed by atoms with Crippen molar-refractivity contribution in [1.82, 2.24) is 0 Å². The minimum Gasteiger partial charge on any atom is -0.237 e. The van der Waals surface area contributed by atoms with Gasteiger partial charge in [0.1, 0.15) is 0 Å². The molecule has 0 N–H and O–H groups in total. The SMILES string of the molecule is CC/C=C/CCC[O]. The van der Waals surface area contributed by atoms with E-state index in [4.69, 9.17) is 0 Å². The summed E-state index contributed by atoms with van der Waals surface area (Å²) >= 11 is 0. The molecule has 1 heteroatoms. The number of unbranched alkanes of at least 4 members (excludes halogenated alkanes) is 1. The van der Waals surface area contributed by atoms with Gasteiger partial charge in [0.05, 0.1) is 6.61 Å². The molecule has 0 aromatic rings. The number of hydrogen-bond donors (Lipinski definition) is 0. The van der Waals surface area contributed by atoms with Crippen LogP contribution in [0.1, 0.15) is 26.2 Å². The van der Waals surface area contributed by atoms with Gasteiger partial charge in [-0.1, -0.05) is 19.1 Å². The minimum atomic E-state index is 0.0635. The maximum atomic E-state index is 9.86. The molecule has 0 aliphatic heterocycles. The van der Waals surface area contributed by atoms with E-state index >= 15 is 0 Å². The fourth-order valence-electron chi connectivity index (χ4n) is 0.486. The zero-order valence-corrected chi connectivity index (χ0v) is 5.39. The van der Waals surface area contributed by atoms with E-state index in [0.29, 0.717) is 0 Å². The van der Waals surface area contributed by atoms with Crippen molar-refractivity contribution in [3.05, 3.63) is 12.2 Å². The average Bonchev–Trinajstić information content (AvgIpc) is 1.81. The lowest BCUT2D eigenvalue weighted by molar-refractivity contribution is 0.190. The molecule has 0 unspecified atom stereocenters. The van der Waals surface area contributed by atoms with Crippen molar-refractivity contribution in [1.29, 1.82) is 0 Å². The van der Waals surface area contributed by atoms with Crippen LogP contribution >= 0.6 is 0 Å². The normalized spacial score (nSPS) is 10.8. The van der Waals surface area contributed by atoms with E-state index in [0.717, 1.165) is 19.3 Å². The van der Waals surface area contributed by atoms with E-state index in [1.165, 1.54) is 0 Å². The van der Waals surface area contributed by atoms with Crippen LogP contribution in [0.4, 0.5) is 0 Å². The minimum absolute atomic E-state index is 0.0635. The van der Waals surface area contributed by atoms with Crippen LogP contribution < -0.4 is 0 Å². The maximum absolute atomic E-state index is 9.86. The molecule has 0 saturated heterocycles. The fraction of sp³-hybridized carbons (Fsp3) is 0.714. The van der Waals surface area contributed by atoms with Gasteiger partial charge in [-0.15, -0.1) is 0 Å². The van der Waals surface area contributed by atoms with Crippen molar-refractivity contribution in [3.63, 3.8) is 0 Å². The van der Waals surface area contributed by atoms with Gasteiger partial charge < -0.3 is 0 Å². The van der Waals surface area contributed by atoms with Gasteiger partial charge in [-0.2, -0.15) is 0 Å². The molecule has 0 aromatic heterocycles. The molecule has 0 aliphatic rings. The summed E-state index contributed by atoms with van der Waals surface area (Å²) in [6.07, 6.45) is 6.99. The Morgan fingerprint density at radius 1 is 1.38 bits per heavy atom.